The minimum Gasteiger partial charge on any atom is -0.361 e. The van der Waals surface area contributed by atoms with Gasteiger partial charge < -0.3 is 4.98 Å². The molecule has 0 aliphatic carbocycles. The number of hydrogen-bond donors (Lipinski definition) is 1. The summed E-state index contributed by atoms with van der Waals surface area (Å²) >= 11 is 0. The molecular weight excluding hydrogens is 316 g/mol. The minimum absolute atomic E-state index is 0.540. The molecule has 2 heteroatoms. The highest BCUT2D eigenvalue weighted by Gasteiger charge is 2.18. The Morgan fingerprint density at radius 2 is 1.88 bits per heavy atom. The normalized spacial score (nSPS) is 17.8. The van der Waals surface area contributed by atoms with Crippen molar-refractivity contribution >= 4 is 10.9 Å². The van der Waals surface area contributed by atoms with Crippen LogP contribution >= 0.6 is 0 Å². The van der Waals surface area contributed by atoms with Crippen LogP contribution in [0.1, 0.15) is 35.4 Å². The Labute approximate surface area is 156 Å². The lowest BCUT2D eigenvalue weighted by Gasteiger charge is -2.29. The van der Waals surface area contributed by atoms with Gasteiger partial charge in [-0.1, -0.05) is 54.6 Å². The molecule has 1 atom stereocenters. The van der Waals surface area contributed by atoms with E-state index >= 15 is 0 Å². The van der Waals surface area contributed by atoms with Crippen molar-refractivity contribution in [2.45, 2.75) is 32.1 Å². The van der Waals surface area contributed by atoms with Crippen molar-refractivity contribution in [3.8, 4) is 0 Å². The zero-order chi connectivity index (χ0) is 17.8. The molecule has 2 nitrogen and oxygen atoms in total. The van der Waals surface area contributed by atoms with Gasteiger partial charge >= 0.3 is 0 Å². The number of aromatic nitrogens is 1. The molecule has 0 spiro atoms. The second kappa shape index (κ2) is 7.92. The van der Waals surface area contributed by atoms with E-state index in [0.29, 0.717) is 5.92 Å². The molecule has 0 saturated carbocycles. The molecule has 0 radical (unpaired) electrons. The maximum absolute atomic E-state index is 3.39. The summed E-state index contributed by atoms with van der Waals surface area (Å²) in [5.41, 5.74) is 5.59. The molecule has 3 aromatic rings. The van der Waals surface area contributed by atoms with Crippen molar-refractivity contribution in [1.82, 2.24) is 9.88 Å². The Morgan fingerprint density at radius 3 is 2.81 bits per heavy atom. The van der Waals surface area contributed by atoms with Gasteiger partial charge in [-0.15, -0.1) is 0 Å². The molecule has 0 saturated heterocycles. The summed E-state index contributed by atoms with van der Waals surface area (Å²) in [6, 6.07) is 17.4. The largest absolute Gasteiger partial charge is 0.361 e. The number of H-pyrrole nitrogens is 1. The number of rotatable bonds is 6. The van der Waals surface area contributed by atoms with E-state index in [1.165, 1.54) is 47.0 Å². The Hall–Kier alpha value is -2.32. The fourth-order valence-electron chi connectivity index (χ4n) is 4.16. The third-order valence-electron chi connectivity index (χ3n) is 5.62. The van der Waals surface area contributed by atoms with Gasteiger partial charge in [-0.2, -0.15) is 0 Å². The summed E-state index contributed by atoms with van der Waals surface area (Å²) < 4.78 is 0. The van der Waals surface area contributed by atoms with Crippen LogP contribution in [0.15, 0.2) is 66.9 Å². The first-order valence-electron chi connectivity index (χ1n) is 9.81. The molecule has 26 heavy (non-hydrogen) atoms. The maximum atomic E-state index is 3.39. The van der Waals surface area contributed by atoms with Gasteiger partial charge in [-0.05, 0) is 55.5 Å². The van der Waals surface area contributed by atoms with E-state index in [1.54, 1.807) is 0 Å². The van der Waals surface area contributed by atoms with Crippen LogP contribution in [0, 0.1) is 6.92 Å². The van der Waals surface area contributed by atoms with Crippen LogP contribution in [0.25, 0.3) is 10.9 Å². The van der Waals surface area contributed by atoms with Gasteiger partial charge in [0.2, 0.25) is 0 Å². The van der Waals surface area contributed by atoms with E-state index in [-0.39, 0.29) is 0 Å². The van der Waals surface area contributed by atoms with Gasteiger partial charge in [0.1, 0.15) is 0 Å². The summed E-state index contributed by atoms with van der Waals surface area (Å²) in [5, 5.41) is 1.38. The van der Waals surface area contributed by atoms with Gasteiger partial charge in [0.25, 0.3) is 0 Å². The number of para-hydroxylation sites is 1. The Kier molecular flexibility index (Phi) is 5.21. The number of fused-ring (bicyclic) bond motifs is 1. The van der Waals surface area contributed by atoms with E-state index in [0.717, 1.165) is 19.5 Å². The molecule has 1 N–H and O–H groups in total. The highest BCUT2D eigenvalue weighted by molar-refractivity contribution is 5.82. The molecule has 0 amide bonds. The zero-order valence-electron chi connectivity index (χ0n) is 15.6. The van der Waals surface area contributed by atoms with Crippen LogP contribution in [-0.4, -0.2) is 29.5 Å². The summed E-state index contributed by atoms with van der Waals surface area (Å²) in [6.45, 7) is 5.66. The molecule has 4 rings (SSSR count). The van der Waals surface area contributed by atoms with Gasteiger partial charge in [-0.3, -0.25) is 4.90 Å². The van der Waals surface area contributed by atoms with Crippen molar-refractivity contribution < 1.29 is 0 Å². The Bertz CT molecular complexity index is 890. The number of aromatic amines is 1. The van der Waals surface area contributed by atoms with Crippen molar-refractivity contribution in [1.29, 1.82) is 0 Å². The van der Waals surface area contributed by atoms with Crippen molar-refractivity contribution in [3.05, 3.63) is 83.6 Å². The highest BCUT2D eigenvalue weighted by atomic mass is 15.1. The number of nitrogens with zero attached hydrogens (tertiary/aromatic N) is 1. The van der Waals surface area contributed by atoms with Crippen LogP contribution in [0.5, 0.6) is 0 Å². The standard InChI is InChI=1S/C24H28N2/c1-19-9-2-3-12-22(19)21-11-8-16-26(18-21)15-7-6-10-20-17-25-24-14-5-4-13-23(20)24/h2-5,8-9,11-14,17,21,25H,6-7,10,15-16,18H2,1H3. The average Bonchev–Trinajstić information content (AvgIpc) is 3.09. The molecule has 0 bridgehead atoms. The predicted octanol–water partition coefficient (Wildman–Crippen LogP) is 5.45. The number of benzene rings is 2. The van der Waals surface area contributed by atoms with Crippen LogP contribution in [-0.2, 0) is 6.42 Å². The maximum Gasteiger partial charge on any atom is 0.0456 e. The van der Waals surface area contributed by atoms with Crippen LogP contribution < -0.4 is 0 Å². The zero-order valence-corrected chi connectivity index (χ0v) is 15.6. The second-order valence-electron chi connectivity index (χ2n) is 7.47. The van der Waals surface area contributed by atoms with Crippen LogP contribution in [0.3, 0.4) is 0 Å². The number of hydrogen-bond acceptors (Lipinski definition) is 1. The molecule has 1 aliphatic rings. The fraction of sp³-hybridized carbons (Fsp3) is 0.333. The van der Waals surface area contributed by atoms with E-state index in [1.807, 2.05) is 0 Å². The van der Waals surface area contributed by atoms with E-state index in [9.17, 15) is 0 Å². The smallest absolute Gasteiger partial charge is 0.0456 e. The lowest BCUT2D eigenvalue weighted by atomic mass is 9.92. The van der Waals surface area contributed by atoms with E-state index in [2.05, 4.69) is 83.7 Å². The van der Waals surface area contributed by atoms with Gasteiger partial charge in [0.15, 0.2) is 0 Å². The Morgan fingerprint density at radius 1 is 1.04 bits per heavy atom. The Balaban J connectivity index is 1.29. The van der Waals surface area contributed by atoms with Crippen LogP contribution in [0.2, 0.25) is 0 Å². The topological polar surface area (TPSA) is 19.0 Å². The quantitative estimate of drug-likeness (QED) is 0.465. The fourth-order valence-corrected chi connectivity index (χ4v) is 4.16. The molecule has 0 fully saturated rings. The molecule has 2 aromatic carbocycles. The van der Waals surface area contributed by atoms with Crippen molar-refractivity contribution in [2.24, 2.45) is 0 Å². The summed E-state index contributed by atoms with van der Waals surface area (Å²) in [6.07, 6.45) is 10.6. The molecule has 1 aromatic heterocycles. The van der Waals surface area contributed by atoms with Crippen LogP contribution in [0.4, 0.5) is 0 Å². The van der Waals surface area contributed by atoms with Crippen molar-refractivity contribution in [2.75, 3.05) is 19.6 Å². The minimum atomic E-state index is 0.540. The van der Waals surface area contributed by atoms with Gasteiger partial charge in [0, 0.05) is 36.1 Å². The third-order valence-corrected chi connectivity index (χ3v) is 5.62. The highest BCUT2D eigenvalue weighted by Crippen LogP contribution is 2.25. The third kappa shape index (κ3) is 3.76. The number of nitrogens with one attached hydrogen (secondary N) is 1. The molecule has 1 aliphatic heterocycles. The van der Waals surface area contributed by atoms with Gasteiger partial charge in [-0.25, -0.2) is 0 Å². The first kappa shape index (κ1) is 17.1. The first-order chi connectivity index (χ1) is 12.8. The van der Waals surface area contributed by atoms with Gasteiger partial charge in [0.05, 0.1) is 0 Å². The number of unbranched alkanes of at least 4 members (excludes halogenated alkanes) is 1. The summed E-state index contributed by atoms with van der Waals surface area (Å²) in [5.74, 6) is 0.540. The number of aryl methyl sites for hydroxylation is 2. The first-order valence-corrected chi connectivity index (χ1v) is 9.81. The predicted molar refractivity (Wildman–Crippen MR) is 111 cm³/mol. The van der Waals surface area contributed by atoms with Crippen molar-refractivity contribution in [3.63, 3.8) is 0 Å². The molecule has 134 valence electrons. The SMILES string of the molecule is Cc1ccccc1C1C=CCN(CCCCc2c[nH]c3ccccc23)C1. The molecule has 1 unspecified atom stereocenters. The van der Waals surface area contributed by atoms with E-state index in [4.69, 9.17) is 0 Å². The monoisotopic (exact) mass is 344 g/mol. The lowest BCUT2D eigenvalue weighted by molar-refractivity contribution is 0.278. The summed E-state index contributed by atoms with van der Waals surface area (Å²) in [4.78, 5) is 5.99. The second-order valence-corrected chi connectivity index (χ2v) is 7.47. The molecule has 2 heterocycles. The lowest BCUT2D eigenvalue weighted by Crippen LogP contribution is -2.32. The molecular formula is C24H28N2. The average molecular weight is 345 g/mol. The summed E-state index contributed by atoms with van der Waals surface area (Å²) in [7, 11) is 0. The van der Waals surface area contributed by atoms with E-state index < -0.39 is 0 Å².